The lowest BCUT2D eigenvalue weighted by Crippen LogP contribution is -2.19. The Morgan fingerprint density at radius 3 is 2.42 bits per heavy atom. The average Bonchev–Trinajstić information content (AvgIpc) is 2.25. The highest BCUT2D eigenvalue weighted by Gasteiger charge is 2.37. The number of carboxylic acids is 1. The third-order valence-corrected chi connectivity index (χ3v) is 1.77. The van der Waals surface area contributed by atoms with E-state index in [2.05, 4.69) is 14.5 Å². The number of nitro groups is 1. The number of hydrogen-bond donors (Lipinski definition) is 1. The minimum Gasteiger partial charge on any atom is -0.480 e. The first-order chi connectivity index (χ1) is 8.65. The second-order valence-corrected chi connectivity index (χ2v) is 2.98. The van der Waals surface area contributed by atoms with E-state index in [9.17, 15) is 28.1 Å². The summed E-state index contributed by atoms with van der Waals surface area (Å²) in [5.74, 6) is -3.79. The quantitative estimate of drug-likeness (QED) is 0.659. The number of alkyl halides is 3. The summed E-state index contributed by atoms with van der Waals surface area (Å²) in [6.45, 7) is 0. The summed E-state index contributed by atoms with van der Waals surface area (Å²) in [5, 5.41) is 19.3. The van der Waals surface area contributed by atoms with E-state index < -0.39 is 40.3 Å². The van der Waals surface area contributed by atoms with Crippen molar-refractivity contribution >= 4 is 11.7 Å². The Labute approximate surface area is 102 Å². The number of hydrogen-bond acceptors (Lipinski definition) is 6. The van der Waals surface area contributed by atoms with Gasteiger partial charge >= 0.3 is 23.9 Å². The van der Waals surface area contributed by atoms with E-state index in [1.807, 2.05) is 0 Å². The molecule has 0 amide bonds. The summed E-state index contributed by atoms with van der Waals surface area (Å²) in [6.07, 6.45) is -5.21. The summed E-state index contributed by atoms with van der Waals surface area (Å²) in [4.78, 5) is 23.1. The fourth-order valence-electron chi connectivity index (χ4n) is 1.09. The van der Waals surface area contributed by atoms with Crippen molar-refractivity contribution in [1.29, 1.82) is 0 Å². The van der Waals surface area contributed by atoms with Crippen LogP contribution in [0.4, 0.5) is 18.9 Å². The lowest BCUT2D eigenvalue weighted by molar-refractivity contribution is -0.389. The van der Waals surface area contributed by atoms with Gasteiger partial charge in [0.1, 0.15) is 5.56 Å². The van der Waals surface area contributed by atoms with Crippen molar-refractivity contribution in [2.45, 2.75) is 6.36 Å². The van der Waals surface area contributed by atoms with Crippen molar-refractivity contribution in [3.8, 4) is 11.8 Å². The van der Waals surface area contributed by atoms with Crippen molar-refractivity contribution in [3.05, 3.63) is 21.7 Å². The lowest BCUT2D eigenvalue weighted by Gasteiger charge is -2.10. The number of aromatic nitrogens is 1. The SMILES string of the molecule is COc1nc(OC(F)(F)F)c([N+](=O)[O-])cc1C(=O)O. The second-order valence-electron chi connectivity index (χ2n) is 2.98. The molecule has 0 bridgehead atoms. The standard InChI is InChI=1S/C8H5F3N2O6/c1-18-5-3(7(14)15)2-4(13(16)17)6(12-5)19-8(9,10)11/h2H,1H3,(H,14,15). The molecule has 0 saturated heterocycles. The van der Waals surface area contributed by atoms with E-state index in [0.29, 0.717) is 6.07 Å². The predicted octanol–water partition coefficient (Wildman–Crippen LogP) is 1.60. The number of methoxy groups -OCH3 is 1. The van der Waals surface area contributed by atoms with Crippen molar-refractivity contribution in [2.24, 2.45) is 0 Å². The lowest BCUT2D eigenvalue weighted by atomic mass is 10.2. The molecule has 1 N–H and O–H groups in total. The zero-order valence-corrected chi connectivity index (χ0v) is 9.09. The number of ether oxygens (including phenoxy) is 2. The van der Waals surface area contributed by atoms with Gasteiger partial charge in [0.05, 0.1) is 12.0 Å². The van der Waals surface area contributed by atoms with Gasteiger partial charge in [0.25, 0.3) is 0 Å². The molecule has 0 aliphatic heterocycles. The molecule has 1 aromatic rings. The Hall–Kier alpha value is -2.59. The maximum atomic E-state index is 12.0. The van der Waals surface area contributed by atoms with Crippen LogP contribution in [-0.4, -0.2) is 34.5 Å². The summed E-state index contributed by atoms with van der Waals surface area (Å²) < 4.78 is 43.9. The average molecular weight is 282 g/mol. The van der Waals surface area contributed by atoms with Crippen molar-refractivity contribution < 1.29 is 37.5 Å². The Morgan fingerprint density at radius 1 is 1.47 bits per heavy atom. The maximum Gasteiger partial charge on any atom is 0.574 e. The molecule has 104 valence electrons. The highest BCUT2D eigenvalue weighted by molar-refractivity contribution is 5.91. The molecule has 0 saturated carbocycles. The van der Waals surface area contributed by atoms with E-state index in [0.717, 1.165) is 7.11 Å². The first-order valence-electron chi connectivity index (χ1n) is 4.38. The molecule has 8 nitrogen and oxygen atoms in total. The number of rotatable bonds is 4. The fraction of sp³-hybridized carbons (Fsp3) is 0.250. The van der Waals surface area contributed by atoms with Gasteiger partial charge in [-0.25, -0.2) is 4.79 Å². The minimum atomic E-state index is -5.21. The van der Waals surface area contributed by atoms with Gasteiger partial charge in [-0.3, -0.25) is 10.1 Å². The van der Waals surface area contributed by atoms with Gasteiger partial charge < -0.3 is 14.6 Å². The van der Waals surface area contributed by atoms with E-state index in [4.69, 9.17) is 5.11 Å². The van der Waals surface area contributed by atoms with Crippen LogP contribution >= 0.6 is 0 Å². The Morgan fingerprint density at radius 2 is 2.05 bits per heavy atom. The molecule has 11 heteroatoms. The van der Waals surface area contributed by atoms with Gasteiger partial charge in [0, 0.05) is 6.07 Å². The van der Waals surface area contributed by atoms with Crippen molar-refractivity contribution in [2.75, 3.05) is 7.11 Å². The third kappa shape index (κ3) is 3.43. The van der Waals surface area contributed by atoms with E-state index >= 15 is 0 Å². The minimum absolute atomic E-state index is 0.370. The Kier molecular flexibility index (Phi) is 3.77. The largest absolute Gasteiger partial charge is 0.574 e. The number of carboxylic acid groups (broad SMARTS) is 1. The zero-order chi connectivity index (χ0) is 14.8. The molecule has 1 aromatic heterocycles. The normalized spacial score (nSPS) is 10.9. The molecular weight excluding hydrogens is 277 g/mol. The highest BCUT2D eigenvalue weighted by atomic mass is 19.4. The summed E-state index contributed by atoms with van der Waals surface area (Å²) in [5.41, 5.74) is -2.00. The smallest absolute Gasteiger partial charge is 0.480 e. The molecular formula is C8H5F3N2O6. The van der Waals surface area contributed by atoms with Gasteiger partial charge in [-0.15, -0.1) is 13.2 Å². The van der Waals surface area contributed by atoms with Crippen LogP contribution in [0.3, 0.4) is 0 Å². The maximum absolute atomic E-state index is 12.0. The topological polar surface area (TPSA) is 112 Å². The number of halogens is 3. The van der Waals surface area contributed by atoms with Gasteiger partial charge in [-0.05, 0) is 0 Å². The number of carbonyl (C=O) groups is 1. The predicted molar refractivity (Wildman–Crippen MR) is 51.1 cm³/mol. The highest BCUT2D eigenvalue weighted by Crippen LogP contribution is 2.34. The third-order valence-electron chi connectivity index (χ3n) is 1.77. The molecule has 0 atom stereocenters. The van der Waals surface area contributed by atoms with Crippen LogP contribution in [0.25, 0.3) is 0 Å². The Bertz CT molecular complexity index is 530. The van der Waals surface area contributed by atoms with Gasteiger partial charge in [-0.2, -0.15) is 4.98 Å². The van der Waals surface area contributed by atoms with Gasteiger partial charge in [0.2, 0.25) is 5.88 Å². The number of nitrogens with zero attached hydrogens (tertiary/aromatic N) is 2. The monoisotopic (exact) mass is 282 g/mol. The first-order valence-corrected chi connectivity index (χ1v) is 4.38. The van der Waals surface area contributed by atoms with Crippen LogP contribution < -0.4 is 9.47 Å². The second kappa shape index (κ2) is 4.96. The van der Waals surface area contributed by atoms with Crippen LogP contribution in [0.2, 0.25) is 0 Å². The van der Waals surface area contributed by atoms with Crippen LogP contribution in [0.1, 0.15) is 10.4 Å². The number of pyridine rings is 1. The summed E-state index contributed by atoms with van der Waals surface area (Å²) in [6, 6.07) is 0.370. The van der Waals surface area contributed by atoms with Crippen molar-refractivity contribution in [1.82, 2.24) is 4.98 Å². The van der Waals surface area contributed by atoms with Crippen LogP contribution in [0.15, 0.2) is 6.07 Å². The molecule has 0 fully saturated rings. The molecule has 19 heavy (non-hydrogen) atoms. The molecule has 0 spiro atoms. The van der Waals surface area contributed by atoms with E-state index in [1.165, 1.54) is 0 Å². The Balaban J connectivity index is 3.45. The molecule has 0 aromatic carbocycles. The van der Waals surface area contributed by atoms with Crippen LogP contribution in [0.5, 0.6) is 11.8 Å². The number of aromatic carboxylic acids is 1. The van der Waals surface area contributed by atoms with Crippen LogP contribution in [-0.2, 0) is 0 Å². The van der Waals surface area contributed by atoms with Gasteiger partial charge in [-0.1, -0.05) is 0 Å². The van der Waals surface area contributed by atoms with E-state index in [1.54, 1.807) is 0 Å². The molecule has 0 radical (unpaired) electrons. The first kappa shape index (κ1) is 14.5. The molecule has 1 heterocycles. The zero-order valence-electron chi connectivity index (χ0n) is 9.09. The molecule has 0 aliphatic rings. The van der Waals surface area contributed by atoms with Crippen molar-refractivity contribution in [3.63, 3.8) is 0 Å². The molecule has 0 aliphatic carbocycles. The molecule has 1 rings (SSSR count). The summed E-state index contributed by atoms with van der Waals surface area (Å²) >= 11 is 0. The van der Waals surface area contributed by atoms with E-state index in [-0.39, 0.29) is 0 Å². The van der Waals surface area contributed by atoms with Gasteiger partial charge in [0.15, 0.2) is 0 Å². The van der Waals surface area contributed by atoms with Crippen LogP contribution in [0, 0.1) is 10.1 Å². The molecule has 0 unspecified atom stereocenters. The summed E-state index contributed by atoms with van der Waals surface area (Å²) in [7, 11) is 0.942. The fourth-order valence-corrected chi connectivity index (χ4v) is 1.09.